The third-order valence-corrected chi connectivity index (χ3v) is 5.12. The number of halogens is 1. The van der Waals surface area contributed by atoms with Gasteiger partial charge < -0.3 is 10.6 Å². The Bertz CT molecular complexity index is 640. The van der Waals surface area contributed by atoms with E-state index in [1.54, 1.807) is 31.3 Å². The largest absolute Gasteiger partial charge is 0.343 e. The first-order valence-electron chi connectivity index (χ1n) is 7.52. The van der Waals surface area contributed by atoms with Crippen molar-refractivity contribution < 1.29 is 13.2 Å². The van der Waals surface area contributed by atoms with E-state index in [-0.39, 0.29) is 41.7 Å². The van der Waals surface area contributed by atoms with Gasteiger partial charge in [-0.25, -0.2) is 13.1 Å². The van der Waals surface area contributed by atoms with E-state index in [2.05, 4.69) is 4.72 Å². The molecule has 3 N–H and O–H groups in total. The molecule has 0 aromatic heterocycles. The average molecular weight is 378 g/mol. The van der Waals surface area contributed by atoms with E-state index in [1.807, 2.05) is 27.7 Å². The molecule has 24 heavy (non-hydrogen) atoms. The Hall–Kier alpha value is -1.15. The highest BCUT2D eigenvalue weighted by Crippen LogP contribution is 2.18. The smallest absolute Gasteiger partial charge is 0.240 e. The lowest BCUT2D eigenvalue weighted by molar-refractivity contribution is -0.133. The van der Waals surface area contributed by atoms with Gasteiger partial charge in [0.2, 0.25) is 15.9 Å². The Morgan fingerprint density at radius 2 is 1.75 bits per heavy atom. The van der Waals surface area contributed by atoms with E-state index in [0.717, 1.165) is 5.56 Å². The number of likely N-dealkylation sites (N-methyl/N-ethyl adjacent to an activating group) is 1. The van der Waals surface area contributed by atoms with Crippen molar-refractivity contribution in [2.24, 2.45) is 11.1 Å². The predicted molar refractivity (Wildman–Crippen MR) is 98.7 cm³/mol. The van der Waals surface area contributed by atoms with Crippen molar-refractivity contribution in [3.63, 3.8) is 0 Å². The normalized spacial score (nSPS) is 13.1. The van der Waals surface area contributed by atoms with E-state index in [0.29, 0.717) is 0 Å². The van der Waals surface area contributed by atoms with Crippen molar-refractivity contribution in [3.05, 3.63) is 29.8 Å². The molecular weight excluding hydrogens is 350 g/mol. The van der Waals surface area contributed by atoms with Crippen molar-refractivity contribution in [3.8, 4) is 0 Å². The maximum Gasteiger partial charge on any atom is 0.240 e. The monoisotopic (exact) mass is 377 g/mol. The highest BCUT2D eigenvalue weighted by molar-refractivity contribution is 7.89. The van der Waals surface area contributed by atoms with Crippen molar-refractivity contribution in [1.82, 2.24) is 9.62 Å². The summed E-state index contributed by atoms with van der Waals surface area (Å²) in [5.74, 6) is -0.202. The van der Waals surface area contributed by atoms with E-state index in [4.69, 9.17) is 5.73 Å². The van der Waals surface area contributed by atoms with Crippen molar-refractivity contribution in [2.45, 2.75) is 38.6 Å². The van der Waals surface area contributed by atoms with Crippen LogP contribution in [-0.4, -0.2) is 45.4 Å². The second kappa shape index (κ2) is 8.80. The van der Waals surface area contributed by atoms with Crippen LogP contribution in [0.2, 0.25) is 0 Å². The first kappa shape index (κ1) is 22.9. The third-order valence-electron chi connectivity index (χ3n) is 3.65. The molecule has 6 nitrogen and oxygen atoms in total. The van der Waals surface area contributed by atoms with E-state index in [1.165, 1.54) is 4.90 Å². The van der Waals surface area contributed by atoms with Crippen LogP contribution in [0.1, 0.15) is 26.3 Å². The number of aryl methyl sites for hydroxylation is 1. The van der Waals surface area contributed by atoms with E-state index < -0.39 is 16.1 Å². The Morgan fingerprint density at radius 1 is 1.25 bits per heavy atom. The number of carbonyl (C=O) groups is 1. The van der Waals surface area contributed by atoms with Gasteiger partial charge in [-0.2, -0.15) is 0 Å². The molecule has 1 atom stereocenters. The van der Waals surface area contributed by atoms with Gasteiger partial charge in [-0.1, -0.05) is 38.5 Å². The topological polar surface area (TPSA) is 92.5 Å². The summed E-state index contributed by atoms with van der Waals surface area (Å²) in [6.45, 7) is 7.96. The number of rotatable bonds is 6. The number of amides is 1. The molecule has 0 heterocycles. The molecule has 0 aliphatic rings. The van der Waals surface area contributed by atoms with Crippen LogP contribution in [-0.2, 0) is 14.8 Å². The van der Waals surface area contributed by atoms with Crippen LogP contribution < -0.4 is 10.5 Å². The number of carbonyl (C=O) groups excluding carboxylic acids is 1. The minimum atomic E-state index is -3.57. The van der Waals surface area contributed by atoms with Crippen LogP contribution in [0.3, 0.4) is 0 Å². The molecule has 0 saturated heterocycles. The summed E-state index contributed by atoms with van der Waals surface area (Å²) in [6.07, 6.45) is 0. The predicted octanol–water partition coefficient (Wildman–Crippen LogP) is 1.53. The molecule has 0 aliphatic carbocycles. The molecular formula is C16H28ClN3O3S. The van der Waals surface area contributed by atoms with Gasteiger partial charge in [-0.3, -0.25) is 4.79 Å². The molecule has 1 amide bonds. The van der Waals surface area contributed by atoms with E-state index >= 15 is 0 Å². The first-order chi connectivity index (χ1) is 10.4. The second-order valence-electron chi connectivity index (χ2n) is 6.81. The number of nitrogens with two attached hydrogens (primary N) is 1. The van der Waals surface area contributed by atoms with Gasteiger partial charge in [-0.15, -0.1) is 12.4 Å². The van der Waals surface area contributed by atoms with Crippen LogP contribution in [0, 0.1) is 12.3 Å². The molecule has 0 bridgehead atoms. The molecule has 1 aromatic carbocycles. The molecule has 1 rings (SSSR count). The minimum Gasteiger partial charge on any atom is -0.343 e. The maximum atomic E-state index is 12.2. The van der Waals surface area contributed by atoms with Crippen molar-refractivity contribution >= 4 is 28.3 Å². The molecule has 0 unspecified atom stereocenters. The molecule has 0 saturated carbocycles. The minimum absolute atomic E-state index is 0. The molecule has 0 fully saturated rings. The van der Waals surface area contributed by atoms with Gasteiger partial charge in [0.15, 0.2) is 0 Å². The zero-order chi connectivity index (χ0) is 17.8. The maximum absolute atomic E-state index is 12.2. The van der Waals surface area contributed by atoms with Gasteiger partial charge in [0.1, 0.15) is 0 Å². The van der Waals surface area contributed by atoms with Gasteiger partial charge >= 0.3 is 0 Å². The molecule has 138 valence electrons. The highest BCUT2D eigenvalue weighted by atomic mass is 35.5. The summed E-state index contributed by atoms with van der Waals surface area (Å²) in [4.78, 5) is 13.8. The number of sulfonamides is 1. The second-order valence-corrected chi connectivity index (χ2v) is 8.58. The summed E-state index contributed by atoms with van der Waals surface area (Å²) >= 11 is 0. The highest BCUT2D eigenvalue weighted by Gasteiger charge is 2.29. The average Bonchev–Trinajstić information content (AvgIpc) is 2.44. The molecule has 8 heteroatoms. The number of hydrogen-bond donors (Lipinski definition) is 2. The standard InChI is InChI=1S/C16H27N3O3S.ClH/c1-12-6-8-13(9-7-12)23(21,22)18-10-11-19(5)15(20)14(17)16(2,3)4;/h6-9,14,18H,10-11,17H2,1-5H3;1H/t14-;/m1./s1. The van der Waals surface area contributed by atoms with Gasteiger partial charge in [0.05, 0.1) is 10.9 Å². The van der Waals surface area contributed by atoms with Gasteiger partial charge in [0, 0.05) is 20.1 Å². The number of nitrogens with one attached hydrogen (secondary N) is 1. The molecule has 0 aliphatic heterocycles. The third kappa shape index (κ3) is 6.39. The summed E-state index contributed by atoms with van der Waals surface area (Å²) in [7, 11) is -1.95. The molecule has 0 spiro atoms. The fourth-order valence-electron chi connectivity index (χ4n) is 1.87. The van der Waals surface area contributed by atoms with Gasteiger partial charge in [-0.05, 0) is 24.5 Å². The Kier molecular flexibility index (Phi) is 8.38. The van der Waals surface area contributed by atoms with E-state index in [9.17, 15) is 13.2 Å². The molecule has 1 aromatic rings. The van der Waals surface area contributed by atoms with Crippen molar-refractivity contribution in [1.29, 1.82) is 0 Å². The fraction of sp³-hybridized carbons (Fsp3) is 0.562. The first-order valence-corrected chi connectivity index (χ1v) is 9.00. The quantitative estimate of drug-likeness (QED) is 0.786. The fourth-order valence-corrected chi connectivity index (χ4v) is 2.89. The van der Waals surface area contributed by atoms with Crippen LogP contribution >= 0.6 is 12.4 Å². The van der Waals surface area contributed by atoms with Crippen molar-refractivity contribution in [2.75, 3.05) is 20.1 Å². The summed E-state index contributed by atoms with van der Waals surface area (Å²) in [6, 6.07) is 5.98. The number of hydrogen-bond acceptors (Lipinski definition) is 4. The Balaban J connectivity index is 0.00000529. The zero-order valence-electron chi connectivity index (χ0n) is 14.9. The zero-order valence-corrected chi connectivity index (χ0v) is 16.5. The van der Waals surface area contributed by atoms with Crippen LogP contribution in [0.15, 0.2) is 29.2 Å². The summed E-state index contributed by atoms with van der Waals surface area (Å²) in [5, 5.41) is 0. The van der Waals surface area contributed by atoms with Crippen LogP contribution in [0.4, 0.5) is 0 Å². The van der Waals surface area contributed by atoms with Crippen LogP contribution in [0.25, 0.3) is 0 Å². The lowest BCUT2D eigenvalue weighted by Gasteiger charge is -2.30. The number of nitrogens with zero attached hydrogens (tertiary/aromatic N) is 1. The Labute approximate surface area is 151 Å². The SMILES string of the molecule is Cc1ccc(S(=O)(=O)NCCN(C)C(=O)[C@@H](N)C(C)(C)C)cc1.Cl. The number of benzene rings is 1. The lowest BCUT2D eigenvalue weighted by Crippen LogP contribution is -2.50. The molecule has 0 radical (unpaired) electrons. The van der Waals surface area contributed by atoms with Gasteiger partial charge in [0.25, 0.3) is 0 Å². The van der Waals surface area contributed by atoms with Crippen LogP contribution in [0.5, 0.6) is 0 Å². The lowest BCUT2D eigenvalue weighted by atomic mass is 9.86. The summed E-state index contributed by atoms with van der Waals surface area (Å²) in [5.41, 5.74) is 6.58. The Morgan fingerprint density at radius 3 is 2.21 bits per heavy atom. The summed E-state index contributed by atoms with van der Waals surface area (Å²) < 4.78 is 26.8.